The van der Waals surface area contributed by atoms with Gasteiger partial charge in [-0.2, -0.15) is 0 Å². The van der Waals surface area contributed by atoms with Crippen LogP contribution < -0.4 is 5.32 Å². The summed E-state index contributed by atoms with van der Waals surface area (Å²) in [7, 11) is 0. The first kappa shape index (κ1) is 11.2. The smallest absolute Gasteiger partial charge is 0.229 e. The molecule has 0 aliphatic rings. The molecule has 0 aliphatic carbocycles. The lowest BCUT2D eigenvalue weighted by atomic mass is 10.3. The molecule has 0 saturated heterocycles. The molecule has 4 heteroatoms. The molecule has 1 amide bonds. The quantitative estimate of drug-likeness (QED) is 0.888. The van der Waals surface area contributed by atoms with Crippen LogP contribution in [0.4, 0.5) is 5.69 Å². The zero-order chi connectivity index (χ0) is 11.4. The monoisotopic (exact) mass is 251 g/mol. The highest BCUT2D eigenvalue weighted by Crippen LogP contribution is 2.20. The molecule has 0 radical (unpaired) electrons. The number of anilines is 1. The first-order valence-corrected chi connectivity index (χ1v) is 6.08. The lowest BCUT2D eigenvalue weighted by Crippen LogP contribution is -2.13. The van der Waals surface area contributed by atoms with E-state index < -0.39 is 0 Å². The molecule has 1 aromatic carbocycles. The highest BCUT2D eigenvalue weighted by atomic mass is 35.5. The lowest BCUT2D eigenvalue weighted by molar-refractivity contribution is -0.115. The molecule has 16 heavy (non-hydrogen) atoms. The Hall–Kier alpha value is -1.32. The van der Waals surface area contributed by atoms with Crippen LogP contribution in [0.25, 0.3) is 0 Å². The Kier molecular flexibility index (Phi) is 3.59. The van der Waals surface area contributed by atoms with E-state index in [1.54, 1.807) is 23.5 Å². The Balaban J connectivity index is 2.00. The third-order valence-electron chi connectivity index (χ3n) is 2.06. The van der Waals surface area contributed by atoms with Gasteiger partial charge in [0, 0.05) is 4.88 Å². The second kappa shape index (κ2) is 5.14. The summed E-state index contributed by atoms with van der Waals surface area (Å²) in [4.78, 5) is 12.7. The maximum absolute atomic E-state index is 11.7. The minimum atomic E-state index is -0.0458. The summed E-state index contributed by atoms with van der Waals surface area (Å²) in [6, 6.07) is 11.1. The van der Waals surface area contributed by atoms with E-state index in [0.717, 1.165) is 4.88 Å². The number of benzene rings is 1. The average Bonchev–Trinajstić information content (AvgIpc) is 2.74. The molecule has 82 valence electrons. The molecule has 2 rings (SSSR count). The van der Waals surface area contributed by atoms with Gasteiger partial charge in [-0.3, -0.25) is 4.79 Å². The summed E-state index contributed by atoms with van der Waals surface area (Å²) in [5, 5.41) is 5.30. The number of carbonyl (C=O) groups excluding carboxylic acids is 1. The van der Waals surface area contributed by atoms with E-state index in [-0.39, 0.29) is 5.91 Å². The van der Waals surface area contributed by atoms with Crippen molar-refractivity contribution in [3.8, 4) is 0 Å². The Morgan fingerprint density at radius 2 is 2.06 bits per heavy atom. The van der Waals surface area contributed by atoms with Crippen LogP contribution in [0.2, 0.25) is 5.02 Å². The topological polar surface area (TPSA) is 29.1 Å². The first-order chi connectivity index (χ1) is 7.75. The van der Waals surface area contributed by atoms with E-state index >= 15 is 0 Å². The number of rotatable bonds is 3. The van der Waals surface area contributed by atoms with Crippen LogP contribution >= 0.6 is 22.9 Å². The van der Waals surface area contributed by atoms with Crippen molar-refractivity contribution in [3.05, 3.63) is 51.7 Å². The number of carbonyl (C=O) groups is 1. The molecule has 0 saturated carbocycles. The zero-order valence-corrected chi connectivity index (χ0v) is 10.0. The van der Waals surface area contributed by atoms with Crippen LogP contribution in [0.15, 0.2) is 41.8 Å². The molecule has 1 N–H and O–H groups in total. The molecule has 0 atom stereocenters. The first-order valence-electron chi connectivity index (χ1n) is 4.82. The summed E-state index contributed by atoms with van der Waals surface area (Å²) in [5.74, 6) is -0.0458. The van der Waals surface area contributed by atoms with E-state index in [0.29, 0.717) is 17.1 Å². The second-order valence-electron chi connectivity index (χ2n) is 3.28. The summed E-state index contributed by atoms with van der Waals surface area (Å²) in [6.45, 7) is 0. The van der Waals surface area contributed by atoms with Crippen molar-refractivity contribution >= 4 is 34.5 Å². The molecular weight excluding hydrogens is 242 g/mol. The van der Waals surface area contributed by atoms with Crippen molar-refractivity contribution in [2.45, 2.75) is 6.42 Å². The molecule has 0 spiro atoms. The molecule has 1 heterocycles. The Bertz CT molecular complexity index is 482. The largest absolute Gasteiger partial charge is 0.324 e. The molecule has 0 unspecified atom stereocenters. The predicted molar refractivity (Wildman–Crippen MR) is 68.1 cm³/mol. The predicted octanol–water partition coefficient (Wildman–Crippen LogP) is 3.58. The third kappa shape index (κ3) is 2.84. The average molecular weight is 252 g/mol. The van der Waals surface area contributed by atoms with Gasteiger partial charge in [0.2, 0.25) is 5.91 Å². The van der Waals surface area contributed by atoms with Gasteiger partial charge in [-0.15, -0.1) is 11.3 Å². The van der Waals surface area contributed by atoms with Crippen molar-refractivity contribution in [2.75, 3.05) is 5.32 Å². The van der Waals surface area contributed by atoms with Crippen LogP contribution in [-0.2, 0) is 11.2 Å². The molecule has 2 aromatic rings. The maximum atomic E-state index is 11.7. The number of amides is 1. The Morgan fingerprint density at radius 3 is 2.75 bits per heavy atom. The van der Waals surface area contributed by atoms with Crippen LogP contribution in [0.1, 0.15) is 4.88 Å². The maximum Gasteiger partial charge on any atom is 0.229 e. The Morgan fingerprint density at radius 1 is 1.25 bits per heavy atom. The van der Waals surface area contributed by atoms with Crippen LogP contribution in [0.3, 0.4) is 0 Å². The van der Waals surface area contributed by atoms with Gasteiger partial charge in [0.05, 0.1) is 17.1 Å². The van der Waals surface area contributed by atoms with Gasteiger partial charge in [-0.05, 0) is 23.6 Å². The number of thiophene rings is 1. The van der Waals surface area contributed by atoms with Gasteiger partial charge in [0.15, 0.2) is 0 Å². The van der Waals surface area contributed by atoms with E-state index in [1.165, 1.54) is 0 Å². The second-order valence-corrected chi connectivity index (χ2v) is 4.72. The highest BCUT2D eigenvalue weighted by Gasteiger charge is 2.06. The van der Waals surface area contributed by atoms with E-state index in [9.17, 15) is 4.79 Å². The van der Waals surface area contributed by atoms with Crippen LogP contribution in [-0.4, -0.2) is 5.91 Å². The zero-order valence-electron chi connectivity index (χ0n) is 8.44. The molecule has 2 nitrogen and oxygen atoms in total. The molecule has 0 fully saturated rings. The summed E-state index contributed by atoms with van der Waals surface area (Å²) in [6.07, 6.45) is 0.392. The third-order valence-corrected chi connectivity index (χ3v) is 3.27. The molecule has 0 bridgehead atoms. The van der Waals surface area contributed by atoms with Crippen molar-refractivity contribution in [3.63, 3.8) is 0 Å². The van der Waals surface area contributed by atoms with Crippen molar-refractivity contribution in [1.82, 2.24) is 0 Å². The standard InChI is InChI=1S/C12H10ClNOS/c13-10-5-1-2-6-11(10)14-12(15)8-9-4-3-7-16-9/h1-7H,8H2,(H,14,15). The number of nitrogens with one attached hydrogen (secondary N) is 1. The molecule has 1 aromatic heterocycles. The minimum Gasteiger partial charge on any atom is -0.324 e. The molecule has 0 aliphatic heterocycles. The van der Waals surface area contributed by atoms with E-state index in [4.69, 9.17) is 11.6 Å². The lowest BCUT2D eigenvalue weighted by Gasteiger charge is -2.05. The van der Waals surface area contributed by atoms with Crippen molar-refractivity contribution < 1.29 is 4.79 Å². The number of halogens is 1. The van der Waals surface area contributed by atoms with Gasteiger partial charge in [0.1, 0.15) is 0 Å². The summed E-state index contributed by atoms with van der Waals surface area (Å²) >= 11 is 7.51. The fourth-order valence-corrected chi connectivity index (χ4v) is 2.21. The van der Waals surface area contributed by atoms with Crippen molar-refractivity contribution in [1.29, 1.82) is 0 Å². The summed E-state index contributed by atoms with van der Waals surface area (Å²) < 4.78 is 0. The van der Waals surface area contributed by atoms with Gasteiger partial charge >= 0.3 is 0 Å². The molecular formula is C12H10ClNOS. The van der Waals surface area contributed by atoms with Gasteiger partial charge < -0.3 is 5.32 Å². The van der Waals surface area contributed by atoms with E-state index in [1.807, 2.05) is 29.6 Å². The van der Waals surface area contributed by atoms with Gasteiger partial charge in [-0.25, -0.2) is 0 Å². The minimum absolute atomic E-state index is 0.0458. The van der Waals surface area contributed by atoms with Crippen LogP contribution in [0, 0.1) is 0 Å². The SMILES string of the molecule is O=C(Cc1cccs1)Nc1ccccc1Cl. The number of hydrogen-bond donors (Lipinski definition) is 1. The number of hydrogen-bond acceptors (Lipinski definition) is 2. The van der Waals surface area contributed by atoms with E-state index in [2.05, 4.69) is 5.32 Å². The fourth-order valence-electron chi connectivity index (χ4n) is 1.33. The normalized spacial score (nSPS) is 10.1. The number of para-hydroxylation sites is 1. The summed E-state index contributed by atoms with van der Waals surface area (Å²) in [5.41, 5.74) is 0.658. The fraction of sp³-hybridized carbons (Fsp3) is 0.0833. The van der Waals surface area contributed by atoms with Gasteiger partial charge in [0.25, 0.3) is 0 Å². The van der Waals surface area contributed by atoms with Crippen LogP contribution in [0.5, 0.6) is 0 Å². The van der Waals surface area contributed by atoms with Crippen molar-refractivity contribution in [2.24, 2.45) is 0 Å². The highest BCUT2D eigenvalue weighted by molar-refractivity contribution is 7.10. The van der Waals surface area contributed by atoms with Gasteiger partial charge in [-0.1, -0.05) is 29.8 Å². The Labute approximate surface area is 103 Å².